The zero-order valence-corrected chi connectivity index (χ0v) is 11.5. The molecule has 106 valence electrons. The van der Waals surface area contributed by atoms with Crippen LogP contribution >= 0.6 is 0 Å². The quantitative estimate of drug-likeness (QED) is 0.431. The highest BCUT2D eigenvalue weighted by Crippen LogP contribution is 2.20. The summed E-state index contributed by atoms with van der Waals surface area (Å²) < 4.78 is 5.84. The number of aromatic nitrogens is 2. The van der Waals surface area contributed by atoms with Crippen LogP contribution in [0.3, 0.4) is 0 Å². The lowest BCUT2D eigenvalue weighted by Gasteiger charge is -2.04. The van der Waals surface area contributed by atoms with Crippen LogP contribution in [0.4, 0.5) is 0 Å². The van der Waals surface area contributed by atoms with Crippen molar-refractivity contribution in [3.05, 3.63) is 66.2 Å². The van der Waals surface area contributed by atoms with E-state index in [1.54, 1.807) is 12.3 Å². The number of rotatable bonds is 1. The Kier molecular flexibility index (Phi) is 2.83. The average Bonchev–Trinajstić information content (AvgIpc) is 2.60. The summed E-state index contributed by atoms with van der Waals surface area (Å²) in [7, 11) is 0. The molecule has 0 atom stereocenters. The smallest absolute Gasteiger partial charge is 0.196 e. The molecule has 2 aromatic carbocycles. The minimum atomic E-state index is 0.425. The summed E-state index contributed by atoms with van der Waals surface area (Å²) in [6.45, 7) is 0. The van der Waals surface area contributed by atoms with Crippen LogP contribution in [0.15, 0.2) is 70.4 Å². The number of fused-ring (bicyclic) bond motifs is 2. The Morgan fingerprint density at radius 2 is 1.82 bits per heavy atom. The van der Waals surface area contributed by atoms with Gasteiger partial charge in [-0.1, -0.05) is 35.5 Å². The van der Waals surface area contributed by atoms with E-state index in [4.69, 9.17) is 4.42 Å². The molecule has 0 spiro atoms. The van der Waals surface area contributed by atoms with Crippen LogP contribution in [0.1, 0.15) is 0 Å². The van der Waals surface area contributed by atoms with Crippen molar-refractivity contribution in [3.63, 3.8) is 0 Å². The zero-order valence-electron chi connectivity index (χ0n) is 11.5. The molecule has 0 aliphatic rings. The molecule has 5 nitrogen and oxygen atoms in total. The maximum Gasteiger partial charge on any atom is 0.196 e. The van der Waals surface area contributed by atoms with Gasteiger partial charge in [0.15, 0.2) is 11.6 Å². The number of nitrogens with zero attached hydrogens (tertiary/aromatic N) is 3. The molecule has 0 fully saturated rings. The van der Waals surface area contributed by atoms with Crippen molar-refractivity contribution in [2.75, 3.05) is 0 Å². The van der Waals surface area contributed by atoms with Gasteiger partial charge in [-0.3, -0.25) is 0 Å². The first-order chi connectivity index (χ1) is 10.8. The summed E-state index contributed by atoms with van der Waals surface area (Å²) in [4.78, 5) is 8.83. The molecule has 5 heteroatoms. The van der Waals surface area contributed by atoms with E-state index in [1.807, 2.05) is 48.5 Å². The average molecular weight is 289 g/mol. The second-order valence-electron chi connectivity index (χ2n) is 4.84. The molecule has 4 rings (SSSR count). The molecule has 1 N–H and O–H groups in total. The van der Waals surface area contributed by atoms with E-state index in [-0.39, 0.29) is 0 Å². The van der Waals surface area contributed by atoms with Gasteiger partial charge >= 0.3 is 0 Å². The normalized spacial score (nSPS) is 12.1. The van der Waals surface area contributed by atoms with Crippen molar-refractivity contribution in [2.45, 2.75) is 0 Å². The minimum absolute atomic E-state index is 0.425. The van der Waals surface area contributed by atoms with E-state index in [2.05, 4.69) is 15.1 Å². The molecule has 0 saturated carbocycles. The van der Waals surface area contributed by atoms with Gasteiger partial charge in [-0.05, 0) is 18.2 Å². The van der Waals surface area contributed by atoms with Gasteiger partial charge in [-0.2, -0.15) is 0 Å². The van der Waals surface area contributed by atoms with Gasteiger partial charge in [0.05, 0.1) is 5.52 Å². The van der Waals surface area contributed by atoms with Crippen molar-refractivity contribution in [1.29, 1.82) is 0 Å². The topological polar surface area (TPSA) is 71.5 Å². The zero-order chi connectivity index (χ0) is 14.9. The molecule has 0 bridgehead atoms. The van der Waals surface area contributed by atoms with E-state index >= 15 is 0 Å². The van der Waals surface area contributed by atoms with Crippen molar-refractivity contribution in [2.24, 2.45) is 5.16 Å². The summed E-state index contributed by atoms with van der Waals surface area (Å²) in [6.07, 6.45) is 1.75. The molecule has 0 radical (unpaired) electrons. The lowest BCUT2D eigenvalue weighted by Crippen LogP contribution is -2.04. The largest absolute Gasteiger partial charge is 0.453 e. The lowest BCUT2D eigenvalue weighted by molar-refractivity contribution is 0.302. The summed E-state index contributed by atoms with van der Waals surface area (Å²) in [5.74, 6) is 0.909. The van der Waals surface area contributed by atoms with Crippen LogP contribution in [0, 0.1) is 0 Å². The summed E-state index contributed by atoms with van der Waals surface area (Å²) in [5.41, 5.74) is 1.45. The van der Waals surface area contributed by atoms with E-state index in [1.165, 1.54) is 0 Å². The van der Waals surface area contributed by atoms with Crippen LogP contribution in [0.25, 0.3) is 33.5 Å². The molecule has 2 aromatic heterocycles. The van der Waals surface area contributed by atoms with Crippen molar-refractivity contribution in [3.8, 4) is 11.6 Å². The molecule has 4 aromatic rings. The van der Waals surface area contributed by atoms with Crippen LogP contribution in [-0.4, -0.2) is 15.2 Å². The van der Waals surface area contributed by atoms with Gasteiger partial charge in [-0.15, -0.1) is 0 Å². The van der Waals surface area contributed by atoms with Gasteiger partial charge in [0.1, 0.15) is 10.9 Å². The second-order valence-corrected chi connectivity index (χ2v) is 4.84. The molecule has 0 saturated heterocycles. The first-order valence-corrected chi connectivity index (χ1v) is 6.78. The molecule has 0 amide bonds. The Bertz CT molecular complexity index is 1050. The Morgan fingerprint density at radius 3 is 2.73 bits per heavy atom. The Morgan fingerprint density at radius 1 is 1.00 bits per heavy atom. The predicted molar refractivity (Wildman–Crippen MR) is 82.1 cm³/mol. The Balaban J connectivity index is 1.99. The fraction of sp³-hybridized carbons (Fsp3) is 0. The van der Waals surface area contributed by atoms with E-state index in [0.717, 1.165) is 16.3 Å². The Labute approximate surface area is 125 Å². The predicted octanol–water partition coefficient (Wildman–Crippen LogP) is 3.33. The summed E-state index contributed by atoms with van der Waals surface area (Å²) >= 11 is 0. The monoisotopic (exact) mass is 289 g/mol. The van der Waals surface area contributed by atoms with Gasteiger partial charge in [0.25, 0.3) is 0 Å². The highest BCUT2D eigenvalue weighted by atomic mass is 16.4. The second kappa shape index (κ2) is 4.96. The Hall–Kier alpha value is -3.21. The first kappa shape index (κ1) is 12.5. The number of hydrogen-bond donors (Lipinski definition) is 1. The number of hydrogen-bond acceptors (Lipinski definition) is 5. The summed E-state index contributed by atoms with van der Waals surface area (Å²) in [6, 6.07) is 16.7. The molecule has 0 unspecified atom stereocenters. The molecule has 0 aliphatic heterocycles. The van der Waals surface area contributed by atoms with Crippen molar-refractivity contribution in [1.82, 2.24) is 9.97 Å². The van der Waals surface area contributed by atoms with Crippen LogP contribution in [0.5, 0.6) is 0 Å². The third-order valence-corrected chi connectivity index (χ3v) is 3.47. The summed E-state index contributed by atoms with van der Waals surface area (Å²) in [5, 5.41) is 14.7. The highest BCUT2D eigenvalue weighted by Gasteiger charge is 2.09. The number of benzene rings is 2. The highest BCUT2D eigenvalue weighted by molar-refractivity contribution is 5.80. The fourth-order valence-corrected chi connectivity index (χ4v) is 2.40. The van der Waals surface area contributed by atoms with Crippen LogP contribution < -0.4 is 5.36 Å². The van der Waals surface area contributed by atoms with Crippen LogP contribution in [-0.2, 0) is 0 Å². The third-order valence-electron chi connectivity index (χ3n) is 3.47. The minimum Gasteiger partial charge on any atom is -0.453 e. The molecule has 2 heterocycles. The van der Waals surface area contributed by atoms with E-state index in [0.29, 0.717) is 22.5 Å². The standard InChI is InChI=1S/C17H11N3O2/c21-20-14-9-16(22-15-8-4-2-6-12(14)15)17-18-10-11-5-1-3-7-13(11)19-17/h1-10,21H/b20-14+. The maximum absolute atomic E-state index is 9.22. The van der Waals surface area contributed by atoms with Crippen LogP contribution in [0.2, 0.25) is 0 Å². The van der Waals surface area contributed by atoms with E-state index in [9.17, 15) is 5.21 Å². The fourth-order valence-electron chi connectivity index (χ4n) is 2.40. The molecular formula is C17H11N3O2. The van der Waals surface area contributed by atoms with Gasteiger partial charge in [0, 0.05) is 23.0 Å². The van der Waals surface area contributed by atoms with E-state index < -0.39 is 0 Å². The number of para-hydroxylation sites is 2. The molecular weight excluding hydrogens is 278 g/mol. The maximum atomic E-state index is 9.22. The SMILES string of the molecule is O/N=c1\cc(-c2ncc3ccccc3n2)oc2ccccc12. The van der Waals surface area contributed by atoms with Crippen molar-refractivity contribution >= 4 is 21.9 Å². The lowest BCUT2D eigenvalue weighted by atomic mass is 10.2. The molecule has 0 aliphatic carbocycles. The van der Waals surface area contributed by atoms with Gasteiger partial charge in [0.2, 0.25) is 0 Å². The van der Waals surface area contributed by atoms with Gasteiger partial charge in [-0.25, -0.2) is 9.97 Å². The molecule has 22 heavy (non-hydrogen) atoms. The third kappa shape index (κ3) is 2.00. The van der Waals surface area contributed by atoms with Crippen molar-refractivity contribution < 1.29 is 9.62 Å². The van der Waals surface area contributed by atoms with Gasteiger partial charge < -0.3 is 9.62 Å². The first-order valence-electron chi connectivity index (χ1n) is 6.78.